The fourth-order valence-corrected chi connectivity index (χ4v) is 3.69. The van der Waals surface area contributed by atoms with E-state index in [1.54, 1.807) is 6.20 Å². The molecule has 1 N–H and O–H groups in total. The maximum Gasteiger partial charge on any atom is 0.263 e. The van der Waals surface area contributed by atoms with E-state index in [2.05, 4.69) is 46.3 Å². The summed E-state index contributed by atoms with van der Waals surface area (Å²) < 4.78 is 0. The first-order valence-corrected chi connectivity index (χ1v) is 9.82. The minimum atomic E-state index is -0.0942. The molecule has 0 fully saturated rings. The Morgan fingerprint density at radius 3 is 2.74 bits per heavy atom. The van der Waals surface area contributed by atoms with Crippen molar-refractivity contribution in [1.82, 2.24) is 20.2 Å². The van der Waals surface area contributed by atoms with Gasteiger partial charge < -0.3 is 10.2 Å². The molecule has 0 aliphatic rings. The van der Waals surface area contributed by atoms with E-state index in [-0.39, 0.29) is 5.91 Å². The minimum absolute atomic E-state index is 0.0942. The number of nitrogens with zero attached hydrogens (tertiary/aromatic N) is 3. The Labute approximate surface area is 164 Å². The first-order chi connectivity index (χ1) is 13.1. The van der Waals surface area contributed by atoms with E-state index in [1.165, 1.54) is 16.9 Å². The van der Waals surface area contributed by atoms with Crippen LogP contribution in [0.2, 0.25) is 0 Å². The number of benzene rings is 1. The molecule has 2 aromatic heterocycles. The van der Waals surface area contributed by atoms with E-state index in [4.69, 9.17) is 0 Å². The maximum absolute atomic E-state index is 12.6. The van der Waals surface area contributed by atoms with Gasteiger partial charge in [-0.15, -0.1) is 11.3 Å². The van der Waals surface area contributed by atoms with Crippen LogP contribution in [0, 0.1) is 6.92 Å². The third kappa shape index (κ3) is 4.99. The van der Waals surface area contributed by atoms with Gasteiger partial charge in [-0.3, -0.25) is 9.78 Å². The average Bonchev–Trinajstić information content (AvgIpc) is 3.09. The van der Waals surface area contributed by atoms with Crippen molar-refractivity contribution in [3.8, 4) is 10.7 Å². The molecule has 0 radical (unpaired) electrons. The summed E-state index contributed by atoms with van der Waals surface area (Å²) in [5.74, 6) is -0.0942. The third-order valence-electron chi connectivity index (χ3n) is 4.32. The topological polar surface area (TPSA) is 58.1 Å². The van der Waals surface area contributed by atoms with E-state index in [1.807, 2.05) is 37.3 Å². The molecule has 2 heterocycles. The van der Waals surface area contributed by atoms with Gasteiger partial charge >= 0.3 is 0 Å². The predicted octanol–water partition coefficient (Wildman–Crippen LogP) is 3.90. The van der Waals surface area contributed by atoms with Gasteiger partial charge in [-0.05, 0) is 43.8 Å². The average molecular weight is 381 g/mol. The summed E-state index contributed by atoms with van der Waals surface area (Å²) >= 11 is 1.38. The molecule has 1 aromatic carbocycles. The highest BCUT2D eigenvalue weighted by Crippen LogP contribution is 2.26. The number of amides is 1. The van der Waals surface area contributed by atoms with Gasteiger partial charge in [0.05, 0.1) is 11.4 Å². The zero-order valence-electron chi connectivity index (χ0n) is 15.9. The van der Waals surface area contributed by atoms with Crippen LogP contribution in [0.3, 0.4) is 0 Å². The smallest absolute Gasteiger partial charge is 0.263 e. The predicted molar refractivity (Wildman–Crippen MR) is 110 cm³/mol. The Kier molecular flexibility index (Phi) is 6.32. The molecule has 0 unspecified atom stereocenters. The molecule has 1 amide bonds. The number of pyridine rings is 1. The van der Waals surface area contributed by atoms with Crippen molar-refractivity contribution in [1.29, 1.82) is 0 Å². The number of thiazole rings is 1. The molecule has 0 saturated heterocycles. The molecule has 27 heavy (non-hydrogen) atoms. The summed E-state index contributed by atoms with van der Waals surface area (Å²) in [7, 11) is 2.10. The first-order valence-electron chi connectivity index (χ1n) is 9.00. The highest BCUT2D eigenvalue weighted by Gasteiger charge is 2.16. The van der Waals surface area contributed by atoms with Crippen LogP contribution in [0.15, 0.2) is 48.7 Å². The van der Waals surface area contributed by atoms with Crippen LogP contribution in [-0.4, -0.2) is 34.4 Å². The third-order valence-corrected chi connectivity index (χ3v) is 5.50. The lowest BCUT2D eigenvalue weighted by atomic mass is 10.1. The van der Waals surface area contributed by atoms with Gasteiger partial charge in [0.15, 0.2) is 0 Å². The van der Waals surface area contributed by atoms with Gasteiger partial charge in [-0.1, -0.05) is 37.3 Å². The molecule has 0 spiro atoms. The van der Waals surface area contributed by atoms with Gasteiger partial charge in [-0.25, -0.2) is 4.98 Å². The lowest BCUT2D eigenvalue weighted by Gasteiger charge is -2.14. The van der Waals surface area contributed by atoms with Crippen molar-refractivity contribution in [2.24, 2.45) is 0 Å². The Hall–Kier alpha value is -2.57. The van der Waals surface area contributed by atoms with E-state index in [0.29, 0.717) is 11.4 Å². The second kappa shape index (κ2) is 8.88. The SMILES string of the molecule is CCN(C)Cc1cccc(CNC(=O)c2sc(-c3ccccn3)nc2C)c1. The fourth-order valence-electron chi connectivity index (χ4n) is 2.73. The summed E-state index contributed by atoms with van der Waals surface area (Å²) in [6.07, 6.45) is 1.73. The van der Waals surface area contributed by atoms with Crippen LogP contribution < -0.4 is 5.32 Å². The summed E-state index contributed by atoms with van der Waals surface area (Å²) in [5.41, 5.74) is 3.86. The normalized spacial score (nSPS) is 11.0. The van der Waals surface area contributed by atoms with Crippen molar-refractivity contribution in [3.63, 3.8) is 0 Å². The molecule has 0 aliphatic carbocycles. The van der Waals surface area contributed by atoms with Crippen LogP contribution in [0.1, 0.15) is 33.4 Å². The van der Waals surface area contributed by atoms with Crippen LogP contribution in [0.5, 0.6) is 0 Å². The zero-order chi connectivity index (χ0) is 19.2. The standard InChI is InChI=1S/C21H24N4OS/c1-4-25(3)14-17-9-7-8-16(12-17)13-23-20(26)19-15(2)24-21(27-19)18-10-5-6-11-22-18/h5-12H,4,13-14H2,1-3H3,(H,23,26). The van der Waals surface area contributed by atoms with Gasteiger partial charge in [-0.2, -0.15) is 0 Å². The molecule has 6 heteroatoms. The molecular weight excluding hydrogens is 356 g/mol. The molecular formula is C21H24N4OS. The maximum atomic E-state index is 12.6. The van der Waals surface area contributed by atoms with Crippen LogP contribution >= 0.6 is 11.3 Å². The van der Waals surface area contributed by atoms with Crippen LogP contribution in [0.25, 0.3) is 10.7 Å². The number of carbonyl (C=O) groups excluding carboxylic acids is 1. The van der Waals surface area contributed by atoms with E-state index >= 15 is 0 Å². The van der Waals surface area contributed by atoms with Crippen molar-refractivity contribution in [3.05, 3.63) is 70.4 Å². The molecule has 3 rings (SSSR count). The van der Waals surface area contributed by atoms with Gasteiger partial charge in [0.25, 0.3) is 5.91 Å². The van der Waals surface area contributed by atoms with E-state index < -0.39 is 0 Å². The molecule has 0 aliphatic heterocycles. The van der Waals surface area contributed by atoms with Gasteiger partial charge in [0.1, 0.15) is 9.88 Å². The quantitative estimate of drug-likeness (QED) is 0.675. The van der Waals surface area contributed by atoms with Crippen molar-refractivity contribution in [2.45, 2.75) is 26.9 Å². The number of hydrogen-bond acceptors (Lipinski definition) is 5. The first kappa shape index (κ1) is 19.2. The molecule has 0 bridgehead atoms. The number of hydrogen-bond donors (Lipinski definition) is 1. The fraction of sp³-hybridized carbons (Fsp3) is 0.286. The highest BCUT2D eigenvalue weighted by molar-refractivity contribution is 7.17. The molecule has 140 valence electrons. The molecule has 0 atom stereocenters. The van der Waals surface area contributed by atoms with E-state index in [0.717, 1.165) is 35.0 Å². The van der Waals surface area contributed by atoms with E-state index in [9.17, 15) is 4.79 Å². The Morgan fingerprint density at radius 1 is 1.19 bits per heavy atom. The van der Waals surface area contributed by atoms with Crippen molar-refractivity contribution in [2.75, 3.05) is 13.6 Å². The lowest BCUT2D eigenvalue weighted by molar-refractivity contribution is 0.0954. The zero-order valence-corrected chi connectivity index (χ0v) is 16.7. The highest BCUT2D eigenvalue weighted by atomic mass is 32.1. The minimum Gasteiger partial charge on any atom is -0.347 e. The van der Waals surface area contributed by atoms with Gasteiger partial charge in [0, 0.05) is 19.3 Å². The number of carbonyl (C=O) groups is 1. The number of nitrogens with one attached hydrogen (secondary N) is 1. The number of aromatic nitrogens is 2. The summed E-state index contributed by atoms with van der Waals surface area (Å²) in [6, 6.07) is 14.0. The van der Waals surface area contributed by atoms with Crippen molar-refractivity contribution < 1.29 is 4.79 Å². The Bertz CT molecular complexity index is 908. The molecule has 5 nitrogen and oxygen atoms in total. The number of aryl methyl sites for hydroxylation is 1. The summed E-state index contributed by atoms with van der Waals surface area (Å²) in [5, 5.41) is 3.78. The second-order valence-corrected chi connectivity index (χ2v) is 7.48. The monoisotopic (exact) mass is 380 g/mol. The van der Waals surface area contributed by atoms with Crippen LogP contribution in [-0.2, 0) is 13.1 Å². The Morgan fingerprint density at radius 2 is 2.00 bits per heavy atom. The summed E-state index contributed by atoms with van der Waals surface area (Å²) in [6.45, 7) is 6.41. The largest absolute Gasteiger partial charge is 0.347 e. The lowest BCUT2D eigenvalue weighted by Crippen LogP contribution is -2.23. The van der Waals surface area contributed by atoms with Crippen LogP contribution in [0.4, 0.5) is 0 Å². The molecule has 3 aromatic rings. The summed E-state index contributed by atoms with van der Waals surface area (Å²) in [4.78, 5) is 24.3. The van der Waals surface area contributed by atoms with Crippen molar-refractivity contribution >= 4 is 17.2 Å². The van der Waals surface area contributed by atoms with Gasteiger partial charge in [0.2, 0.25) is 0 Å². The Balaban J connectivity index is 1.66. The second-order valence-electron chi connectivity index (χ2n) is 6.48. The number of rotatable bonds is 7. The molecule has 0 saturated carbocycles.